The Morgan fingerprint density at radius 1 is 1.16 bits per heavy atom. The molecule has 2 aromatic carbocycles. The van der Waals surface area contributed by atoms with Gasteiger partial charge in [0.15, 0.2) is 6.10 Å². The number of ether oxygens (including phenoxy) is 2. The van der Waals surface area contributed by atoms with Gasteiger partial charge in [-0.2, -0.15) is 0 Å². The van der Waals surface area contributed by atoms with Crippen LogP contribution in [-0.4, -0.2) is 41.8 Å². The number of rotatable bonds is 4. The van der Waals surface area contributed by atoms with Crippen LogP contribution in [0.5, 0.6) is 5.75 Å². The zero-order valence-electron chi connectivity index (χ0n) is 14.4. The maximum atomic E-state index is 5.98. The second-order valence-corrected chi connectivity index (χ2v) is 6.37. The molecule has 3 aromatic rings. The molecule has 0 saturated carbocycles. The first-order valence-corrected chi connectivity index (χ1v) is 8.48. The first-order valence-electron chi connectivity index (χ1n) is 8.48. The lowest BCUT2D eigenvalue weighted by molar-refractivity contribution is -0.0354. The third kappa shape index (κ3) is 3.50. The van der Waals surface area contributed by atoms with Crippen molar-refractivity contribution in [2.45, 2.75) is 19.1 Å². The number of fused-ring (bicyclic) bond motifs is 1. The molecule has 1 aromatic heterocycles. The van der Waals surface area contributed by atoms with Gasteiger partial charge in [0.1, 0.15) is 11.9 Å². The average molecular weight is 339 g/mol. The van der Waals surface area contributed by atoms with Gasteiger partial charge >= 0.3 is 0 Å². The molecule has 25 heavy (non-hydrogen) atoms. The Kier molecular flexibility index (Phi) is 4.38. The highest BCUT2D eigenvalue weighted by Gasteiger charge is 2.26. The molecule has 0 spiro atoms. The summed E-state index contributed by atoms with van der Waals surface area (Å²) in [6.07, 6.45) is -0.503. The molecule has 2 atom stereocenters. The van der Waals surface area contributed by atoms with E-state index in [0.29, 0.717) is 18.4 Å². The highest BCUT2D eigenvalue weighted by molar-refractivity contribution is 5.83. The summed E-state index contributed by atoms with van der Waals surface area (Å²) in [7, 11) is 2.05. The summed E-state index contributed by atoms with van der Waals surface area (Å²) in [6, 6.07) is 14.2. The fraction of sp³-hybridized carbons (Fsp3) is 0.368. The van der Waals surface area contributed by atoms with E-state index >= 15 is 0 Å². The largest absolute Gasteiger partial charge is 0.481 e. The second-order valence-electron chi connectivity index (χ2n) is 6.37. The van der Waals surface area contributed by atoms with E-state index in [4.69, 9.17) is 13.9 Å². The zero-order valence-corrected chi connectivity index (χ0v) is 14.4. The molecule has 0 radical (unpaired) electrons. The minimum Gasteiger partial charge on any atom is -0.481 e. The van der Waals surface area contributed by atoms with Gasteiger partial charge in [0.05, 0.1) is 6.61 Å². The van der Waals surface area contributed by atoms with Crippen LogP contribution in [0.3, 0.4) is 0 Å². The summed E-state index contributed by atoms with van der Waals surface area (Å²) in [5, 5.41) is 10.6. The number of hydrogen-bond donors (Lipinski definition) is 0. The van der Waals surface area contributed by atoms with Gasteiger partial charge in [0, 0.05) is 13.1 Å². The van der Waals surface area contributed by atoms with Crippen LogP contribution in [0.4, 0.5) is 0 Å². The quantitative estimate of drug-likeness (QED) is 0.726. The summed E-state index contributed by atoms with van der Waals surface area (Å²) < 4.78 is 17.5. The minimum atomic E-state index is -0.330. The van der Waals surface area contributed by atoms with Crippen LogP contribution >= 0.6 is 0 Å². The molecule has 0 aliphatic carbocycles. The van der Waals surface area contributed by atoms with Gasteiger partial charge in [-0.3, -0.25) is 0 Å². The van der Waals surface area contributed by atoms with Gasteiger partial charge in [-0.1, -0.05) is 30.3 Å². The number of morpholine rings is 1. The van der Waals surface area contributed by atoms with Crippen LogP contribution in [0.25, 0.3) is 10.8 Å². The number of likely N-dealkylation sites (N-methyl/N-ethyl adjacent to an activating group) is 1. The van der Waals surface area contributed by atoms with Crippen LogP contribution < -0.4 is 4.74 Å². The summed E-state index contributed by atoms with van der Waals surface area (Å²) in [4.78, 5) is 2.19. The first-order chi connectivity index (χ1) is 12.2. The molecule has 0 bridgehead atoms. The van der Waals surface area contributed by atoms with E-state index in [1.54, 1.807) is 0 Å². The molecule has 1 fully saturated rings. The van der Waals surface area contributed by atoms with Crippen molar-refractivity contribution >= 4 is 10.8 Å². The Morgan fingerprint density at radius 2 is 2.00 bits per heavy atom. The van der Waals surface area contributed by atoms with Gasteiger partial charge in [-0.05, 0) is 36.9 Å². The number of benzene rings is 2. The standard InChI is InChI=1S/C19H21N3O3/c1-13(24-16-8-7-14-5-3-4-6-15(14)11-16)18-20-21-19(25-18)17-12-22(2)9-10-23-17/h3-8,11,13,17H,9-10,12H2,1-2H3/t13-,17+/m0/s1. The normalized spacial score (nSPS) is 19.8. The number of hydrogen-bond acceptors (Lipinski definition) is 6. The lowest BCUT2D eigenvalue weighted by Gasteiger charge is -2.27. The molecule has 0 amide bonds. The number of aromatic nitrogens is 2. The molecule has 130 valence electrons. The lowest BCUT2D eigenvalue weighted by Crippen LogP contribution is -2.35. The maximum Gasteiger partial charge on any atom is 0.256 e. The molecule has 1 aliphatic rings. The van der Waals surface area contributed by atoms with Crippen LogP contribution in [0.15, 0.2) is 46.9 Å². The summed E-state index contributed by atoms with van der Waals surface area (Å²) in [5.74, 6) is 1.75. The van der Waals surface area contributed by atoms with E-state index in [2.05, 4.69) is 34.3 Å². The van der Waals surface area contributed by atoms with Crippen molar-refractivity contribution in [2.75, 3.05) is 26.7 Å². The Balaban J connectivity index is 1.48. The van der Waals surface area contributed by atoms with E-state index in [1.165, 1.54) is 5.39 Å². The maximum absolute atomic E-state index is 5.98. The van der Waals surface area contributed by atoms with Gasteiger partial charge in [0.2, 0.25) is 5.89 Å². The zero-order chi connectivity index (χ0) is 17.2. The Hall–Kier alpha value is -2.44. The van der Waals surface area contributed by atoms with Crippen molar-refractivity contribution in [1.82, 2.24) is 15.1 Å². The molecule has 0 N–H and O–H groups in total. The van der Waals surface area contributed by atoms with Gasteiger partial charge in [0.25, 0.3) is 5.89 Å². The predicted octanol–water partition coefficient (Wildman–Crippen LogP) is 3.37. The first kappa shape index (κ1) is 16.1. The van der Waals surface area contributed by atoms with Crippen molar-refractivity contribution in [3.05, 3.63) is 54.2 Å². The van der Waals surface area contributed by atoms with E-state index in [0.717, 1.165) is 24.2 Å². The van der Waals surface area contributed by atoms with Gasteiger partial charge in [-0.15, -0.1) is 10.2 Å². The van der Waals surface area contributed by atoms with E-state index in [1.807, 2.05) is 37.3 Å². The molecule has 6 nitrogen and oxygen atoms in total. The molecule has 2 heterocycles. The molecular weight excluding hydrogens is 318 g/mol. The summed E-state index contributed by atoms with van der Waals surface area (Å²) in [6.45, 7) is 4.24. The van der Waals surface area contributed by atoms with Crippen molar-refractivity contribution in [1.29, 1.82) is 0 Å². The highest BCUT2D eigenvalue weighted by atomic mass is 16.5. The van der Waals surface area contributed by atoms with Crippen molar-refractivity contribution in [3.63, 3.8) is 0 Å². The summed E-state index contributed by atoms with van der Waals surface area (Å²) in [5.41, 5.74) is 0. The van der Waals surface area contributed by atoms with Crippen molar-refractivity contribution < 1.29 is 13.9 Å². The average Bonchev–Trinajstić information content (AvgIpc) is 3.12. The Labute approximate surface area is 146 Å². The van der Waals surface area contributed by atoms with Gasteiger partial charge < -0.3 is 18.8 Å². The minimum absolute atomic E-state index is 0.173. The van der Waals surface area contributed by atoms with E-state index in [9.17, 15) is 0 Å². The third-order valence-corrected chi connectivity index (χ3v) is 4.38. The van der Waals surface area contributed by atoms with E-state index < -0.39 is 0 Å². The molecule has 4 rings (SSSR count). The SMILES string of the molecule is C[C@H](Oc1ccc2ccccc2c1)c1nnc([C@H]2CN(C)CCO2)o1. The second kappa shape index (κ2) is 6.82. The van der Waals surface area contributed by atoms with Crippen LogP contribution in [-0.2, 0) is 4.74 Å². The molecule has 0 unspecified atom stereocenters. The topological polar surface area (TPSA) is 60.6 Å². The molecular formula is C19H21N3O3. The highest BCUT2D eigenvalue weighted by Crippen LogP contribution is 2.27. The smallest absolute Gasteiger partial charge is 0.256 e. The van der Waals surface area contributed by atoms with Crippen molar-refractivity contribution in [3.8, 4) is 5.75 Å². The van der Waals surface area contributed by atoms with Gasteiger partial charge in [-0.25, -0.2) is 0 Å². The fourth-order valence-corrected chi connectivity index (χ4v) is 2.96. The Bertz CT molecular complexity index is 864. The van der Waals surface area contributed by atoms with E-state index in [-0.39, 0.29) is 12.2 Å². The predicted molar refractivity (Wildman–Crippen MR) is 93.5 cm³/mol. The molecule has 6 heteroatoms. The van der Waals surface area contributed by atoms with Crippen LogP contribution in [0, 0.1) is 0 Å². The fourth-order valence-electron chi connectivity index (χ4n) is 2.96. The Morgan fingerprint density at radius 3 is 2.84 bits per heavy atom. The molecule has 1 aliphatic heterocycles. The third-order valence-electron chi connectivity index (χ3n) is 4.38. The lowest BCUT2D eigenvalue weighted by atomic mass is 10.1. The summed E-state index contributed by atoms with van der Waals surface area (Å²) >= 11 is 0. The monoisotopic (exact) mass is 339 g/mol. The van der Waals surface area contributed by atoms with Crippen LogP contribution in [0.2, 0.25) is 0 Å². The number of nitrogens with zero attached hydrogens (tertiary/aromatic N) is 3. The van der Waals surface area contributed by atoms with Crippen molar-refractivity contribution in [2.24, 2.45) is 0 Å². The molecule has 1 saturated heterocycles. The van der Waals surface area contributed by atoms with Crippen LogP contribution in [0.1, 0.15) is 30.9 Å².